The predicted molar refractivity (Wildman–Crippen MR) is 49.6 cm³/mol. The topological polar surface area (TPSA) is 62.2 Å². The summed E-state index contributed by atoms with van der Waals surface area (Å²) >= 11 is 0. The SMILES string of the molecule is O=C(O)CCCNc1ccccn1. The van der Waals surface area contributed by atoms with Crippen molar-refractivity contribution in [2.24, 2.45) is 0 Å². The van der Waals surface area contributed by atoms with E-state index in [-0.39, 0.29) is 6.42 Å². The number of hydrogen-bond acceptors (Lipinski definition) is 3. The summed E-state index contributed by atoms with van der Waals surface area (Å²) in [7, 11) is 0. The number of nitrogens with zero attached hydrogens (tertiary/aromatic N) is 1. The van der Waals surface area contributed by atoms with Crippen molar-refractivity contribution in [3.8, 4) is 0 Å². The summed E-state index contributed by atoms with van der Waals surface area (Å²) in [5.41, 5.74) is 0. The molecule has 0 radical (unpaired) electrons. The Morgan fingerprint density at radius 3 is 3.00 bits per heavy atom. The van der Waals surface area contributed by atoms with Crippen molar-refractivity contribution in [2.45, 2.75) is 12.8 Å². The molecule has 0 saturated carbocycles. The smallest absolute Gasteiger partial charge is 0.303 e. The normalized spacial score (nSPS) is 9.54. The highest BCUT2D eigenvalue weighted by Gasteiger charge is 1.95. The van der Waals surface area contributed by atoms with Crippen molar-refractivity contribution in [2.75, 3.05) is 11.9 Å². The molecule has 0 aliphatic heterocycles. The summed E-state index contributed by atoms with van der Waals surface area (Å²) in [6.45, 7) is 0.642. The summed E-state index contributed by atoms with van der Waals surface area (Å²) in [6, 6.07) is 5.57. The predicted octanol–water partition coefficient (Wildman–Crippen LogP) is 1.36. The average molecular weight is 180 g/mol. The minimum absolute atomic E-state index is 0.194. The molecular formula is C9H12N2O2. The number of aromatic nitrogens is 1. The van der Waals surface area contributed by atoms with Gasteiger partial charge in [-0.15, -0.1) is 0 Å². The van der Waals surface area contributed by atoms with E-state index in [9.17, 15) is 4.79 Å². The van der Waals surface area contributed by atoms with Crippen LogP contribution in [0.25, 0.3) is 0 Å². The highest BCUT2D eigenvalue weighted by Crippen LogP contribution is 2.00. The van der Waals surface area contributed by atoms with Gasteiger partial charge in [-0.3, -0.25) is 4.79 Å². The fourth-order valence-corrected chi connectivity index (χ4v) is 0.923. The third-order valence-corrected chi connectivity index (χ3v) is 1.54. The minimum Gasteiger partial charge on any atom is -0.481 e. The lowest BCUT2D eigenvalue weighted by atomic mass is 10.3. The second-order valence-electron chi connectivity index (χ2n) is 2.64. The molecule has 0 amide bonds. The Hall–Kier alpha value is -1.58. The highest BCUT2D eigenvalue weighted by atomic mass is 16.4. The van der Waals surface area contributed by atoms with Crippen LogP contribution in [0.2, 0.25) is 0 Å². The van der Waals surface area contributed by atoms with E-state index in [1.54, 1.807) is 6.20 Å². The summed E-state index contributed by atoms with van der Waals surface area (Å²) in [4.78, 5) is 14.2. The maximum atomic E-state index is 10.2. The number of pyridine rings is 1. The lowest BCUT2D eigenvalue weighted by Crippen LogP contribution is -2.05. The quantitative estimate of drug-likeness (QED) is 0.671. The molecule has 1 rings (SSSR count). The van der Waals surface area contributed by atoms with Gasteiger partial charge in [0.2, 0.25) is 0 Å². The number of anilines is 1. The van der Waals surface area contributed by atoms with Crippen molar-refractivity contribution in [1.29, 1.82) is 0 Å². The molecule has 0 atom stereocenters. The molecule has 13 heavy (non-hydrogen) atoms. The van der Waals surface area contributed by atoms with Crippen LogP contribution in [-0.2, 0) is 4.79 Å². The first kappa shape index (κ1) is 9.51. The molecule has 0 aromatic carbocycles. The highest BCUT2D eigenvalue weighted by molar-refractivity contribution is 5.66. The first-order chi connectivity index (χ1) is 6.29. The van der Waals surface area contributed by atoms with Gasteiger partial charge in [-0.2, -0.15) is 0 Å². The van der Waals surface area contributed by atoms with Crippen LogP contribution in [0.4, 0.5) is 5.82 Å². The zero-order valence-electron chi connectivity index (χ0n) is 7.23. The molecule has 4 nitrogen and oxygen atoms in total. The standard InChI is InChI=1S/C9H12N2O2/c12-9(13)5-3-7-11-8-4-1-2-6-10-8/h1-2,4,6H,3,5,7H2,(H,10,11)(H,12,13). The van der Waals surface area contributed by atoms with E-state index in [4.69, 9.17) is 5.11 Å². The van der Waals surface area contributed by atoms with Crippen LogP contribution in [-0.4, -0.2) is 22.6 Å². The molecule has 1 aromatic rings. The van der Waals surface area contributed by atoms with Gasteiger partial charge in [-0.25, -0.2) is 4.98 Å². The number of carboxylic acid groups (broad SMARTS) is 1. The Morgan fingerprint density at radius 1 is 1.54 bits per heavy atom. The van der Waals surface area contributed by atoms with Crippen LogP contribution in [0.3, 0.4) is 0 Å². The van der Waals surface area contributed by atoms with Gasteiger partial charge in [0.25, 0.3) is 0 Å². The molecule has 1 heterocycles. The second-order valence-corrected chi connectivity index (χ2v) is 2.64. The van der Waals surface area contributed by atoms with Crippen LogP contribution >= 0.6 is 0 Å². The zero-order chi connectivity index (χ0) is 9.52. The van der Waals surface area contributed by atoms with Crippen molar-refractivity contribution in [3.05, 3.63) is 24.4 Å². The number of hydrogen-bond donors (Lipinski definition) is 2. The molecule has 0 bridgehead atoms. The van der Waals surface area contributed by atoms with Crippen LogP contribution in [0.1, 0.15) is 12.8 Å². The lowest BCUT2D eigenvalue weighted by molar-refractivity contribution is -0.137. The van der Waals surface area contributed by atoms with Gasteiger partial charge in [0.1, 0.15) is 5.82 Å². The van der Waals surface area contributed by atoms with Crippen LogP contribution in [0.15, 0.2) is 24.4 Å². The number of carbonyl (C=O) groups is 1. The molecule has 0 aliphatic rings. The maximum absolute atomic E-state index is 10.2. The van der Waals surface area contributed by atoms with Crippen LogP contribution < -0.4 is 5.32 Å². The summed E-state index contributed by atoms with van der Waals surface area (Å²) in [6.07, 6.45) is 2.51. The van der Waals surface area contributed by atoms with Gasteiger partial charge in [-0.1, -0.05) is 6.07 Å². The first-order valence-corrected chi connectivity index (χ1v) is 4.16. The first-order valence-electron chi connectivity index (χ1n) is 4.16. The number of rotatable bonds is 5. The monoisotopic (exact) mass is 180 g/mol. The van der Waals surface area contributed by atoms with Crippen LogP contribution in [0.5, 0.6) is 0 Å². The Labute approximate surface area is 76.6 Å². The molecule has 2 N–H and O–H groups in total. The molecular weight excluding hydrogens is 168 g/mol. The second kappa shape index (κ2) is 5.13. The summed E-state index contributed by atoms with van der Waals surface area (Å²) in [5.74, 6) is 0.0238. The van der Waals surface area contributed by atoms with Crippen molar-refractivity contribution in [3.63, 3.8) is 0 Å². The molecule has 0 spiro atoms. The van der Waals surface area contributed by atoms with Gasteiger partial charge in [0.05, 0.1) is 0 Å². The van der Waals surface area contributed by atoms with E-state index >= 15 is 0 Å². The van der Waals surface area contributed by atoms with Crippen molar-refractivity contribution < 1.29 is 9.90 Å². The van der Waals surface area contributed by atoms with Crippen molar-refractivity contribution in [1.82, 2.24) is 4.98 Å². The van der Waals surface area contributed by atoms with E-state index in [2.05, 4.69) is 10.3 Å². The Kier molecular flexibility index (Phi) is 3.75. The molecule has 0 unspecified atom stereocenters. The molecule has 4 heteroatoms. The number of carboxylic acids is 1. The van der Waals surface area contributed by atoms with E-state index in [0.29, 0.717) is 13.0 Å². The Morgan fingerprint density at radius 2 is 2.38 bits per heavy atom. The average Bonchev–Trinajstić information content (AvgIpc) is 2.14. The fourth-order valence-electron chi connectivity index (χ4n) is 0.923. The van der Waals surface area contributed by atoms with E-state index in [1.165, 1.54) is 0 Å². The molecule has 1 aromatic heterocycles. The van der Waals surface area contributed by atoms with E-state index in [0.717, 1.165) is 5.82 Å². The van der Waals surface area contributed by atoms with Crippen LogP contribution in [0, 0.1) is 0 Å². The van der Waals surface area contributed by atoms with Gasteiger partial charge in [0, 0.05) is 19.2 Å². The number of nitrogens with one attached hydrogen (secondary N) is 1. The Bertz CT molecular complexity index is 262. The van der Waals surface area contributed by atoms with E-state index in [1.807, 2.05) is 18.2 Å². The van der Waals surface area contributed by atoms with Gasteiger partial charge in [0.15, 0.2) is 0 Å². The largest absolute Gasteiger partial charge is 0.481 e. The minimum atomic E-state index is -0.761. The van der Waals surface area contributed by atoms with E-state index < -0.39 is 5.97 Å². The zero-order valence-corrected chi connectivity index (χ0v) is 7.23. The summed E-state index contributed by atoms with van der Waals surface area (Å²) in [5, 5.41) is 11.4. The maximum Gasteiger partial charge on any atom is 0.303 e. The van der Waals surface area contributed by atoms with Gasteiger partial charge < -0.3 is 10.4 Å². The Balaban J connectivity index is 2.17. The third-order valence-electron chi connectivity index (χ3n) is 1.54. The van der Waals surface area contributed by atoms with Gasteiger partial charge >= 0.3 is 5.97 Å². The third kappa shape index (κ3) is 4.10. The van der Waals surface area contributed by atoms with Crippen molar-refractivity contribution >= 4 is 11.8 Å². The molecule has 70 valence electrons. The fraction of sp³-hybridized carbons (Fsp3) is 0.333. The molecule has 0 aliphatic carbocycles. The number of aliphatic carboxylic acids is 1. The lowest BCUT2D eigenvalue weighted by Gasteiger charge is -2.02. The van der Waals surface area contributed by atoms with Gasteiger partial charge in [-0.05, 0) is 18.6 Å². The summed E-state index contributed by atoms with van der Waals surface area (Å²) < 4.78 is 0. The molecule has 0 fully saturated rings. The molecule has 0 saturated heterocycles.